The van der Waals surface area contributed by atoms with Crippen molar-refractivity contribution in [3.63, 3.8) is 0 Å². The fraction of sp³-hybridized carbons (Fsp3) is 0.370. The number of benzene rings is 2. The zero-order valence-electron chi connectivity index (χ0n) is 21.7. The van der Waals surface area contributed by atoms with Crippen LogP contribution in [-0.2, 0) is 34.2 Å². The van der Waals surface area contributed by atoms with Gasteiger partial charge in [-0.25, -0.2) is 0 Å². The number of hydrogen-bond acceptors (Lipinski definition) is 6. The van der Waals surface area contributed by atoms with Crippen molar-refractivity contribution in [2.45, 2.75) is 51.9 Å². The Morgan fingerprint density at radius 2 is 1.71 bits per heavy atom. The fourth-order valence-corrected chi connectivity index (χ4v) is 4.91. The van der Waals surface area contributed by atoms with E-state index in [1.54, 1.807) is 38.1 Å². The quantitative estimate of drug-likeness (QED) is 0.268. The topological polar surface area (TPSA) is 80.1 Å². The highest BCUT2D eigenvalue weighted by Gasteiger charge is 2.32. The molecule has 0 aliphatic carbocycles. The van der Waals surface area contributed by atoms with E-state index in [0.29, 0.717) is 36.2 Å². The smallest absolute Gasteiger partial charge is 0.416 e. The second kappa shape index (κ2) is 11.9. The molecule has 38 heavy (non-hydrogen) atoms. The van der Waals surface area contributed by atoms with Crippen LogP contribution in [0.4, 0.5) is 18.9 Å². The van der Waals surface area contributed by atoms with E-state index in [-0.39, 0.29) is 30.7 Å². The zero-order valence-corrected chi connectivity index (χ0v) is 22.5. The summed E-state index contributed by atoms with van der Waals surface area (Å²) in [7, 11) is -4.64. The lowest BCUT2D eigenvalue weighted by molar-refractivity contribution is -0.138. The SMILES string of the molecule is CCN(CC)c1ccc(CN(Cc2ccco2)C(=O)C(C)C)c(OS(=O)(=O)c2cccc(C(F)(F)F)c2)c1. The average molecular weight is 553 g/mol. The molecule has 0 saturated carbocycles. The summed E-state index contributed by atoms with van der Waals surface area (Å²) in [4.78, 5) is 15.9. The van der Waals surface area contributed by atoms with Gasteiger partial charge in [0.1, 0.15) is 16.4 Å². The monoisotopic (exact) mass is 552 g/mol. The second-order valence-electron chi connectivity index (χ2n) is 8.96. The van der Waals surface area contributed by atoms with Crippen LogP contribution in [0.15, 0.2) is 70.2 Å². The van der Waals surface area contributed by atoms with Crippen molar-refractivity contribution in [1.82, 2.24) is 4.90 Å². The van der Waals surface area contributed by atoms with Gasteiger partial charge in [-0.05, 0) is 50.2 Å². The molecule has 0 atom stereocenters. The number of carbonyl (C=O) groups is 1. The van der Waals surface area contributed by atoms with E-state index in [9.17, 15) is 26.4 Å². The molecular formula is C27H31F3N2O5S. The first kappa shape index (κ1) is 29.1. The highest BCUT2D eigenvalue weighted by Crippen LogP contribution is 2.33. The molecule has 3 aromatic rings. The van der Waals surface area contributed by atoms with Gasteiger partial charge in [0.25, 0.3) is 0 Å². The maximum atomic E-state index is 13.2. The lowest BCUT2D eigenvalue weighted by atomic mass is 10.1. The molecule has 206 valence electrons. The molecule has 0 N–H and O–H groups in total. The van der Waals surface area contributed by atoms with Gasteiger partial charge in [-0.1, -0.05) is 26.0 Å². The van der Waals surface area contributed by atoms with Crippen LogP contribution in [0.25, 0.3) is 0 Å². The molecule has 0 fully saturated rings. The van der Waals surface area contributed by atoms with Crippen LogP contribution in [0.1, 0.15) is 44.6 Å². The van der Waals surface area contributed by atoms with Crippen LogP contribution in [0, 0.1) is 5.92 Å². The molecule has 11 heteroatoms. The molecule has 7 nitrogen and oxygen atoms in total. The molecule has 0 unspecified atom stereocenters. The van der Waals surface area contributed by atoms with Crippen molar-refractivity contribution in [3.05, 3.63) is 77.7 Å². The summed E-state index contributed by atoms with van der Waals surface area (Å²) in [6.45, 7) is 8.75. The molecule has 1 amide bonds. The maximum Gasteiger partial charge on any atom is 0.416 e. The van der Waals surface area contributed by atoms with Crippen molar-refractivity contribution in [3.8, 4) is 5.75 Å². The Balaban J connectivity index is 2.05. The van der Waals surface area contributed by atoms with Gasteiger partial charge >= 0.3 is 16.3 Å². The molecule has 2 aromatic carbocycles. The van der Waals surface area contributed by atoms with Crippen molar-refractivity contribution in [2.75, 3.05) is 18.0 Å². The molecule has 0 aliphatic heterocycles. The van der Waals surface area contributed by atoms with E-state index < -0.39 is 26.8 Å². The Bertz CT molecular complexity index is 1330. The molecule has 3 rings (SSSR count). The largest absolute Gasteiger partial charge is 0.467 e. The third-order valence-electron chi connectivity index (χ3n) is 5.92. The number of anilines is 1. The van der Waals surface area contributed by atoms with Gasteiger partial charge < -0.3 is 18.4 Å². The fourth-order valence-electron chi connectivity index (χ4n) is 3.90. The van der Waals surface area contributed by atoms with Crippen molar-refractivity contribution >= 4 is 21.7 Å². The molecule has 1 heterocycles. The third kappa shape index (κ3) is 7.09. The molecule has 0 saturated heterocycles. The highest BCUT2D eigenvalue weighted by atomic mass is 32.2. The summed E-state index contributed by atoms with van der Waals surface area (Å²) < 4.78 is 76.8. The normalized spacial score (nSPS) is 12.0. The van der Waals surface area contributed by atoms with E-state index in [1.165, 1.54) is 17.2 Å². The van der Waals surface area contributed by atoms with Gasteiger partial charge in [-0.3, -0.25) is 4.79 Å². The van der Waals surface area contributed by atoms with Crippen LogP contribution >= 0.6 is 0 Å². The number of amides is 1. The maximum absolute atomic E-state index is 13.2. The van der Waals surface area contributed by atoms with Crippen LogP contribution in [0.5, 0.6) is 5.75 Å². The Hall–Kier alpha value is -3.47. The summed E-state index contributed by atoms with van der Waals surface area (Å²) in [5, 5.41) is 0. The first-order valence-electron chi connectivity index (χ1n) is 12.2. The van der Waals surface area contributed by atoms with Crippen LogP contribution in [-0.4, -0.2) is 32.3 Å². The number of rotatable bonds is 11. The third-order valence-corrected chi connectivity index (χ3v) is 7.15. The first-order chi connectivity index (χ1) is 17.9. The van der Waals surface area contributed by atoms with Crippen molar-refractivity contribution < 1.29 is 35.0 Å². The first-order valence-corrected chi connectivity index (χ1v) is 13.6. The standard InChI is InChI=1S/C27H31F3N2O5S/c1-5-31(6-2)22-13-12-20(17-32(26(33)19(3)4)18-23-10-8-14-36-23)25(16-22)37-38(34,35)24-11-7-9-21(15-24)27(28,29)30/h7-16,19H,5-6,17-18H2,1-4H3. The highest BCUT2D eigenvalue weighted by molar-refractivity contribution is 7.87. The Kier molecular flexibility index (Phi) is 9.14. The second-order valence-corrected chi connectivity index (χ2v) is 10.5. The number of hydrogen-bond donors (Lipinski definition) is 0. The zero-order chi connectivity index (χ0) is 28.1. The Morgan fingerprint density at radius 3 is 2.29 bits per heavy atom. The Labute approximate surface area is 220 Å². The van der Waals surface area contributed by atoms with E-state index >= 15 is 0 Å². The number of furan rings is 1. The number of halogens is 3. The van der Waals surface area contributed by atoms with Gasteiger partial charge in [0.2, 0.25) is 5.91 Å². The van der Waals surface area contributed by atoms with E-state index in [2.05, 4.69) is 0 Å². The molecule has 0 radical (unpaired) electrons. The van der Waals surface area contributed by atoms with Crippen LogP contribution < -0.4 is 9.08 Å². The minimum absolute atomic E-state index is 0.0102. The Morgan fingerprint density at radius 1 is 1.00 bits per heavy atom. The van der Waals surface area contributed by atoms with E-state index in [0.717, 1.165) is 18.2 Å². The summed E-state index contributed by atoms with van der Waals surface area (Å²) in [5.74, 6) is -0.0790. The summed E-state index contributed by atoms with van der Waals surface area (Å²) in [5.41, 5.74) is -0.0655. The lowest BCUT2D eigenvalue weighted by Crippen LogP contribution is -2.33. The summed E-state index contributed by atoms with van der Waals surface area (Å²) in [6.07, 6.45) is -3.23. The molecule has 0 aliphatic rings. The minimum atomic E-state index is -4.72. The predicted octanol–water partition coefficient (Wildman–Crippen LogP) is 6.10. The lowest BCUT2D eigenvalue weighted by Gasteiger charge is -2.26. The van der Waals surface area contributed by atoms with E-state index in [4.69, 9.17) is 8.60 Å². The summed E-state index contributed by atoms with van der Waals surface area (Å²) >= 11 is 0. The van der Waals surface area contributed by atoms with E-state index in [1.807, 2.05) is 18.7 Å². The molecule has 0 spiro atoms. The molecular weight excluding hydrogens is 521 g/mol. The molecule has 1 aromatic heterocycles. The van der Waals surface area contributed by atoms with Gasteiger partial charge in [-0.2, -0.15) is 21.6 Å². The van der Waals surface area contributed by atoms with Gasteiger partial charge in [-0.15, -0.1) is 0 Å². The number of alkyl halides is 3. The number of carbonyl (C=O) groups excluding carboxylic acids is 1. The van der Waals surface area contributed by atoms with Crippen LogP contribution in [0.2, 0.25) is 0 Å². The van der Waals surface area contributed by atoms with Gasteiger partial charge in [0.15, 0.2) is 0 Å². The summed E-state index contributed by atoms with van der Waals surface area (Å²) in [6, 6.07) is 11.8. The van der Waals surface area contributed by atoms with Gasteiger partial charge in [0.05, 0.1) is 18.4 Å². The van der Waals surface area contributed by atoms with Gasteiger partial charge in [0, 0.05) is 42.9 Å². The van der Waals surface area contributed by atoms with Crippen molar-refractivity contribution in [1.29, 1.82) is 0 Å². The molecule has 0 bridgehead atoms. The predicted molar refractivity (Wildman–Crippen MR) is 137 cm³/mol. The minimum Gasteiger partial charge on any atom is -0.467 e. The van der Waals surface area contributed by atoms with Crippen LogP contribution in [0.3, 0.4) is 0 Å². The average Bonchev–Trinajstić information content (AvgIpc) is 3.38. The number of nitrogens with zero attached hydrogens (tertiary/aromatic N) is 2. The van der Waals surface area contributed by atoms with Crippen molar-refractivity contribution in [2.24, 2.45) is 5.92 Å².